The minimum absolute atomic E-state index is 0.313. The van der Waals surface area contributed by atoms with Gasteiger partial charge in [-0.15, -0.1) is 0 Å². The summed E-state index contributed by atoms with van der Waals surface area (Å²) in [5, 5.41) is 8.91. The third-order valence-electron chi connectivity index (χ3n) is 5.40. The Balaban J connectivity index is 1.76. The van der Waals surface area contributed by atoms with Crippen LogP contribution < -0.4 is 25.4 Å². The molecule has 2 aromatic carbocycles. The molecule has 170 valence electrons. The van der Waals surface area contributed by atoms with E-state index >= 15 is 0 Å². The zero-order valence-corrected chi connectivity index (χ0v) is 18.8. The molecule has 0 aromatic heterocycles. The second-order valence-corrected chi connectivity index (χ2v) is 7.39. The SMILES string of the molecule is COC(=O)C1=C(CNCCc2ccc(OC)c(OC)c2)NC(=O)N[C@H]1c1ccccc1C. The Hall–Kier alpha value is -3.52. The number of carbonyl (C=O) groups excluding carboxylic acids is 2. The number of ether oxygens (including phenoxy) is 3. The average molecular weight is 440 g/mol. The van der Waals surface area contributed by atoms with Crippen LogP contribution in [0.2, 0.25) is 0 Å². The van der Waals surface area contributed by atoms with Gasteiger partial charge in [-0.25, -0.2) is 9.59 Å². The fourth-order valence-corrected chi connectivity index (χ4v) is 3.73. The standard InChI is InChI=1S/C24H29N3O5/c1-15-7-5-6-8-17(15)22-21(23(28)32-4)18(26-24(29)27-22)14-25-12-11-16-9-10-19(30-2)20(13-16)31-3/h5-10,13,22,25H,11-12,14H2,1-4H3,(H2,26,27,29)/t22-/m0/s1. The number of aryl methyl sites for hydroxylation is 1. The van der Waals surface area contributed by atoms with Gasteiger partial charge in [-0.3, -0.25) is 0 Å². The number of hydrogen-bond donors (Lipinski definition) is 3. The van der Waals surface area contributed by atoms with Gasteiger partial charge in [0.2, 0.25) is 0 Å². The summed E-state index contributed by atoms with van der Waals surface area (Å²) in [4.78, 5) is 25.0. The number of rotatable bonds is 9. The molecule has 0 unspecified atom stereocenters. The highest BCUT2D eigenvalue weighted by atomic mass is 16.5. The molecule has 1 aliphatic heterocycles. The molecule has 3 N–H and O–H groups in total. The van der Waals surface area contributed by atoms with E-state index in [9.17, 15) is 9.59 Å². The van der Waals surface area contributed by atoms with Crippen molar-refractivity contribution in [3.63, 3.8) is 0 Å². The predicted octanol–water partition coefficient (Wildman–Crippen LogP) is 2.63. The molecule has 0 saturated carbocycles. The molecule has 1 aliphatic rings. The van der Waals surface area contributed by atoms with Crippen LogP contribution in [0, 0.1) is 6.92 Å². The number of esters is 1. The lowest BCUT2D eigenvalue weighted by molar-refractivity contribution is -0.136. The van der Waals surface area contributed by atoms with Crippen molar-refractivity contribution in [2.24, 2.45) is 0 Å². The van der Waals surface area contributed by atoms with Gasteiger partial charge in [0.25, 0.3) is 0 Å². The molecule has 0 fully saturated rings. The second-order valence-electron chi connectivity index (χ2n) is 7.39. The molecular weight excluding hydrogens is 410 g/mol. The van der Waals surface area contributed by atoms with Crippen molar-refractivity contribution in [1.29, 1.82) is 0 Å². The summed E-state index contributed by atoms with van der Waals surface area (Å²) in [6.45, 7) is 2.89. The van der Waals surface area contributed by atoms with Crippen LogP contribution in [-0.4, -0.2) is 46.4 Å². The maximum absolute atomic E-state index is 12.6. The van der Waals surface area contributed by atoms with Gasteiger partial charge in [-0.05, 0) is 48.7 Å². The van der Waals surface area contributed by atoms with Crippen molar-refractivity contribution >= 4 is 12.0 Å². The van der Waals surface area contributed by atoms with Gasteiger partial charge in [0.1, 0.15) is 0 Å². The molecule has 2 amide bonds. The van der Waals surface area contributed by atoms with Gasteiger partial charge in [0.05, 0.1) is 32.9 Å². The summed E-state index contributed by atoms with van der Waals surface area (Å²) in [5.74, 6) is 0.867. The van der Waals surface area contributed by atoms with Crippen LogP contribution in [0.15, 0.2) is 53.7 Å². The molecule has 0 aliphatic carbocycles. The summed E-state index contributed by atoms with van der Waals surface area (Å²) in [7, 11) is 4.54. The lowest BCUT2D eigenvalue weighted by atomic mass is 9.92. The summed E-state index contributed by atoms with van der Waals surface area (Å²) >= 11 is 0. The lowest BCUT2D eigenvalue weighted by Gasteiger charge is -2.30. The Bertz CT molecular complexity index is 1020. The minimum atomic E-state index is -0.583. The number of amides is 2. The molecule has 8 nitrogen and oxygen atoms in total. The fourth-order valence-electron chi connectivity index (χ4n) is 3.73. The maximum atomic E-state index is 12.6. The third-order valence-corrected chi connectivity index (χ3v) is 5.40. The quantitative estimate of drug-likeness (QED) is 0.411. The van der Waals surface area contributed by atoms with Crippen molar-refractivity contribution in [2.45, 2.75) is 19.4 Å². The summed E-state index contributed by atoms with van der Waals surface area (Å²) < 4.78 is 15.6. The first-order chi connectivity index (χ1) is 15.5. The largest absolute Gasteiger partial charge is 0.493 e. The number of urea groups is 1. The van der Waals surface area contributed by atoms with E-state index in [1.54, 1.807) is 14.2 Å². The van der Waals surface area contributed by atoms with Crippen LogP contribution >= 0.6 is 0 Å². The molecule has 1 heterocycles. The lowest BCUT2D eigenvalue weighted by Crippen LogP contribution is -2.48. The Morgan fingerprint density at radius 1 is 1.06 bits per heavy atom. The molecule has 0 spiro atoms. The fraction of sp³-hybridized carbons (Fsp3) is 0.333. The van der Waals surface area contributed by atoms with E-state index in [0.29, 0.717) is 35.9 Å². The highest BCUT2D eigenvalue weighted by Crippen LogP contribution is 2.30. The molecule has 32 heavy (non-hydrogen) atoms. The Kier molecular flexibility index (Phi) is 7.72. The second kappa shape index (κ2) is 10.7. The number of benzene rings is 2. The van der Waals surface area contributed by atoms with E-state index in [1.807, 2.05) is 49.4 Å². The van der Waals surface area contributed by atoms with Crippen molar-refractivity contribution < 1.29 is 23.8 Å². The van der Waals surface area contributed by atoms with Gasteiger partial charge in [-0.2, -0.15) is 0 Å². The Morgan fingerprint density at radius 3 is 2.50 bits per heavy atom. The smallest absolute Gasteiger partial charge is 0.338 e. The van der Waals surface area contributed by atoms with Gasteiger partial charge >= 0.3 is 12.0 Å². The molecule has 8 heteroatoms. The van der Waals surface area contributed by atoms with E-state index in [1.165, 1.54) is 7.11 Å². The van der Waals surface area contributed by atoms with Gasteiger partial charge in [0.15, 0.2) is 11.5 Å². The van der Waals surface area contributed by atoms with E-state index in [4.69, 9.17) is 14.2 Å². The topological polar surface area (TPSA) is 97.9 Å². The zero-order valence-electron chi connectivity index (χ0n) is 18.8. The number of hydrogen-bond acceptors (Lipinski definition) is 6. The van der Waals surface area contributed by atoms with Gasteiger partial charge < -0.3 is 30.2 Å². The van der Waals surface area contributed by atoms with E-state index in [2.05, 4.69) is 16.0 Å². The first-order valence-corrected chi connectivity index (χ1v) is 10.3. The van der Waals surface area contributed by atoms with Crippen LogP contribution in [0.25, 0.3) is 0 Å². The predicted molar refractivity (Wildman–Crippen MR) is 121 cm³/mol. The van der Waals surface area contributed by atoms with Crippen LogP contribution in [0.1, 0.15) is 22.7 Å². The molecule has 0 saturated heterocycles. The third kappa shape index (κ3) is 5.20. The Morgan fingerprint density at radius 2 is 1.81 bits per heavy atom. The minimum Gasteiger partial charge on any atom is -0.493 e. The van der Waals surface area contributed by atoms with E-state index in [-0.39, 0.29) is 6.03 Å². The maximum Gasteiger partial charge on any atom is 0.338 e. The van der Waals surface area contributed by atoms with Crippen molar-refractivity contribution in [1.82, 2.24) is 16.0 Å². The highest BCUT2D eigenvalue weighted by molar-refractivity contribution is 5.95. The van der Waals surface area contributed by atoms with E-state index < -0.39 is 12.0 Å². The number of methoxy groups -OCH3 is 3. The van der Waals surface area contributed by atoms with Gasteiger partial charge in [-0.1, -0.05) is 30.3 Å². The van der Waals surface area contributed by atoms with Crippen LogP contribution in [0.5, 0.6) is 11.5 Å². The van der Waals surface area contributed by atoms with Gasteiger partial charge in [0, 0.05) is 12.2 Å². The molecule has 1 atom stereocenters. The average Bonchev–Trinajstić information content (AvgIpc) is 2.81. The number of carbonyl (C=O) groups is 2. The van der Waals surface area contributed by atoms with Crippen molar-refractivity contribution in [3.05, 3.63) is 70.4 Å². The molecular formula is C24H29N3O5. The van der Waals surface area contributed by atoms with Crippen molar-refractivity contribution in [3.8, 4) is 11.5 Å². The van der Waals surface area contributed by atoms with Crippen LogP contribution in [0.4, 0.5) is 4.79 Å². The van der Waals surface area contributed by atoms with Crippen molar-refractivity contribution in [2.75, 3.05) is 34.4 Å². The van der Waals surface area contributed by atoms with Crippen LogP contribution in [-0.2, 0) is 16.0 Å². The number of nitrogens with one attached hydrogen (secondary N) is 3. The Labute approximate surface area is 187 Å². The first kappa shape index (κ1) is 23.1. The molecule has 0 bridgehead atoms. The molecule has 3 rings (SSSR count). The first-order valence-electron chi connectivity index (χ1n) is 10.3. The summed E-state index contributed by atoms with van der Waals surface area (Å²) in [6, 6.07) is 12.5. The zero-order chi connectivity index (χ0) is 23.1. The molecule has 2 aromatic rings. The normalized spacial score (nSPS) is 15.6. The van der Waals surface area contributed by atoms with Crippen LogP contribution in [0.3, 0.4) is 0 Å². The van der Waals surface area contributed by atoms with E-state index in [0.717, 1.165) is 23.1 Å². The monoisotopic (exact) mass is 439 g/mol. The summed E-state index contributed by atoms with van der Waals surface area (Å²) in [6.07, 6.45) is 0.731. The highest BCUT2D eigenvalue weighted by Gasteiger charge is 2.33. The molecule has 0 radical (unpaired) electrons. The summed E-state index contributed by atoms with van der Waals surface area (Å²) in [5.41, 5.74) is 3.79.